The van der Waals surface area contributed by atoms with Crippen LogP contribution in [0.15, 0.2) is 28.8 Å². The number of rotatable bonds is 6. The molecule has 6 heteroatoms. The van der Waals surface area contributed by atoms with Gasteiger partial charge in [0.05, 0.1) is 6.61 Å². The van der Waals surface area contributed by atoms with Gasteiger partial charge in [-0.1, -0.05) is 5.16 Å². The standard InChI is InChI=1S/C18H20N2O4/c21-7-5-14(11-1-2-11)19-18(22)17-10-15(20-24-17)12-3-4-16-13(9-12)6-8-23-16/h3-4,9-11,14,21H,1-2,5-8H2,(H,19,22). The van der Waals surface area contributed by atoms with Crippen LogP contribution in [0.2, 0.25) is 0 Å². The van der Waals surface area contributed by atoms with Gasteiger partial charge in [-0.2, -0.15) is 0 Å². The van der Waals surface area contributed by atoms with Crippen molar-refractivity contribution < 1.29 is 19.2 Å². The maximum absolute atomic E-state index is 12.3. The second-order valence-electron chi connectivity index (χ2n) is 6.43. The Morgan fingerprint density at radius 1 is 1.38 bits per heavy atom. The third-order valence-corrected chi connectivity index (χ3v) is 4.67. The molecule has 6 nitrogen and oxygen atoms in total. The summed E-state index contributed by atoms with van der Waals surface area (Å²) >= 11 is 0. The number of nitrogens with zero attached hydrogens (tertiary/aromatic N) is 1. The lowest BCUT2D eigenvalue weighted by Crippen LogP contribution is -2.36. The fraction of sp³-hybridized carbons (Fsp3) is 0.444. The lowest BCUT2D eigenvalue weighted by atomic mass is 10.1. The van der Waals surface area contributed by atoms with E-state index in [1.54, 1.807) is 6.07 Å². The minimum atomic E-state index is -0.274. The molecular formula is C18H20N2O4. The van der Waals surface area contributed by atoms with E-state index in [9.17, 15) is 4.79 Å². The van der Waals surface area contributed by atoms with Crippen LogP contribution in [0.4, 0.5) is 0 Å². The maximum Gasteiger partial charge on any atom is 0.290 e. The first-order valence-electron chi connectivity index (χ1n) is 8.39. The third-order valence-electron chi connectivity index (χ3n) is 4.67. The normalized spacial score (nSPS) is 17.2. The number of amides is 1. The van der Waals surface area contributed by atoms with Crippen molar-refractivity contribution in [2.24, 2.45) is 5.92 Å². The van der Waals surface area contributed by atoms with Gasteiger partial charge in [0.2, 0.25) is 5.76 Å². The summed E-state index contributed by atoms with van der Waals surface area (Å²) in [5.41, 5.74) is 2.70. The highest BCUT2D eigenvalue weighted by Gasteiger charge is 2.32. The molecule has 1 amide bonds. The Hall–Kier alpha value is -2.34. The first kappa shape index (κ1) is 15.2. The molecule has 0 radical (unpaired) electrons. The van der Waals surface area contributed by atoms with E-state index in [0.29, 0.717) is 24.6 Å². The van der Waals surface area contributed by atoms with E-state index in [4.69, 9.17) is 14.4 Å². The van der Waals surface area contributed by atoms with Gasteiger partial charge < -0.3 is 19.7 Å². The van der Waals surface area contributed by atoms with Crippen molar-refractivity contribution in [1.29, 1.82) is 0 Å². The molecule has 1 unspecified atom stereocenters. The van der Waals surface area contributed by atoms with E-state index >= 15 is 0 Å². The van der Waals surface area contributed by atoms with Gasteiger partial charge in [0, 0.05) is 30.7 Å². The van der Waals surface area contributed by atoms with Crippen molar-refractivity contribution >= 4 is 5.91 Å². The van der Waals surface area contributed by atoms with Crippen LogP contribution in [0.25, 0.3) is 11.3 Å². The van der Waals surface area contributed by atoms with E-state index < -0.39 is 0 Å². The predicted octanol–water partition coefficient (Wildman–Crippen LogP) is 2.17. The Morgan fingerprint density at radius 3 is 3.04 bits per heavy atom. The van der Waals surface area contributed by atoms with E-state index in [0.717, 1.165) is 36.1 Å². The summed E-state index contributed by atoms with van der Waals surface area (Å²) in [6, 6.07) is 7.54. The smallest absolute Gasteiger partial charge is 0.290 e. The highest BCUT2D eigenvalue weighted by Crippen LogP contribution is 2.34. The highest BCUT2D eigenvalue weighted by atomic mass is 16.5. The quantitative estimate of drug-likeness (QED) is 0.849. The van der Waals surface area contributed by atoms with Gasteiger partial charge >= 0.3 is 0 Å². The third kappa shape index (κ3) is 3.01. The molecule has 1 aromatic carbocycles. The summed E-state index contributed by atoms with van der Waals surface area (Å²) < 4.78 is 10.7. The van der Waals surface area contributed by atoms with Crippen molar-refractivity contribution in [3.05, 3.63) is 35.6 Å². The fourth-order valence-electron chi connectivity index (χ4n) is 3.17. The van der Waals surface area contributed by atoms with Crippen LogP contribution in [0.3, 0.4) is 0 Å². The summed E-state index contributed by atoms with van der Waals surface area (Å²) in [6.07, 6.45) is 3.66. The maximum atomic E-state index is 12.3. The van der Waals surface area contributed by atoms with Crippen LogP contribution in [0.5, 0.6) is 5.75 Å². The summed E-state index contributed by atoms with van der Waals surface area (Å²) in [5, 5.41) is 16.1. The van der Waals surface area contributed by atoms with Gasteiger partial charge in [-0.3, -0.25) is 4.79 Å². The van der Waals surface area contributed by atoms with Crippen molar-refractivity contribution in [2.45, 2.75) is 31.7 Å². The average molecular weight is 328 g/mol. The number of hydrogen-bond acceptors (Lipinski definition) is 5. The topological polar surface area (TPSA) is 84.6 Å². The number of hydrogen-bond donors (Lipinski definition) is 2. The molecule has 126 valence electrons. The highest BCUT2D eigenvalue weighted by molar-refractivity contribution is 5.92. The molecule has 1 saturated carbocycles. The van der Waals surface area contributed by atoms with Crippen LogP contribution in [0.1, 0.15) is 35.4 Å². The first-order valence-corrected chi connectivity index (χ1v) is 8.39. The van der Waals surface area contributed by atoms with E-state index in [1.807, 2.05) is 18.2 Å². The molecule has 0 spiro atoms. The van der Waals surface area contributed by atoms with E-state index in [2.05, 4.69) is 10.5 Å². The molecule has 1 fully saturated rings. The Morgan fingerprint density at radius 2 is 2.25 bits per heavy atom. The second kappa shape index (κ2) is 6.28. The predicted molar refractivity (Wildman–Crippen MR) is 86.8 cm³/mol. The van der Waals surface area contributed by atoms with Gasteiger partial charge in [-0.05, 0) is 48.9 Å². The number of carbonyl (C=O) groups is 1. The number of benzene rings is 1. The molecule has 1 aliphatic heterocycles. The molecule has 4 rings (SSSR count). The molecule has 24 heavy (non-hydrogen) atoms. The summed E-state index contributed by atoms with van der Waals surface area (Å²) in [7, 11) is 0. The Kier molecular flexibility index (Phi) is 3.98. The Labute approximate surface area is 139 Å². The number of aliphatic hydroxyl groups is 1. The first-order chi connectivity index (χ1) is 11.7. The number of fused-ring (bicyclic) bond motifs is 1. The molecule has 0 saturated heterocycles. The minimum absolute atomic E-state index is 0.00759. The molecular weight excluding hydrogens is 308 g/mol. The molecule has 1 aliphatic carbocycles. The molecule has 1 atom stereocenters. The number of aromatic nitrogens is 1. The largest absolute Gasteiger partial charge is 0.493 e. The molecule has 1 aromatic heterocycles. The van der Waals surface area contributed by atoms with Gasteiger partial charge in [-0.15, -0.1) is 0 Å². The zero-order chi connectivity index (χ0) is 16.5. The van der Waals surface area contributed by atoms with Gasteiger partial charge in [0.25, 0.3) is 5.91 Å². The number of nitrogens with one attached hydrogen (secondary N) is 1. The summed E-state index contributed by atoms with van der Waals surface area (Å²) in [6.45, 7) is 0.777. The average Bonchev–Trinajstić information content (AvgIpc) is 3.12. The molecule has 2 N–H and O–H groups in total. The summed E-state index contributed by atoms with van der Waals surface area (Å²) in [5.74, 6) is 1.31. The van der Waals surface area contributed by atoms with Crippen LogP contribution in [-0.4, -0.2) is 35.4 Å². The number of ether oxygens (including phenoxy) is 1. The van der Waals surface area contributed by atoms with Gasteiger partial charge in [-0.25, -0.2) is 0 Å². The van der Waals surface area contributed by atoms with Crippen LogP contribution < -0.4 is 10.1 Å². The molecule has 2 aliphatic rings. The fourth-order valence-corrected chi connectivity index (χ4v) is 3.17. The monoisotopic (exact) mass is 328 g/mol. The Bertz CT molecular complexity index is 751. The lowest BCUT2D eigenvalue weighted by Gasteiger charge is -2.15. The van der Waals surface area contributed by atoms with E-state index in [-0.39, 0.29) is 24.3 Å². The van der Waals surface area contributed by atoms with Crippen molar-refractivity contribution in [3.8, 4) is 17.0 Å². The number of aliphatic hydroxyl groups excluding tert-OH is 1. The van der Waals surface area contributed by atoms with Gasteiger partial charge in [0.1, 0.15) is 11.4 Å². The second-order valence-corrected chi connectivity index (χ2v) is 6.43. The zero-order valence-corrected chi connectivity index (χ0v) is 13.3. The number of carbonyl (C=O) groups excluding carboxylic acids is 1. The van der Waals surface area contributed by atoms with Crippen molar-refractivity contribution in [2.75, 3.05) is 13.2 Å². The van der Waals surface area contributed by atoms with Crippen molar-refractivity contribution in [3.63, 3.8) is 0 Å². The SMILES string of the molecule is O=C(NC(CCO)C1CC1)c1cc(-c2ccc3c(c2)CCO3)no1. The van der Waals surface area contributed by atoms with Gasteiger partial charge in [0.15, 0.2) is 0 Å². The summed E-state index contributed by atoms with van der Waals surface area (Å²) in [4.78, 5) is 12.3. The minimum Gasteiger partial charge on any atom is -0.493 e. The Balaban J connectivity index is 1.48. The van der Waals surface area contributed by atoms with Crippen LogP contribution >= 0.6 is 0 Å². The molecule has 0 bridgehead atoms. The zero-order valence-electron chi connectivity index (χ0n) is 13.3. The van der Waals surface area contributed by atoms with Crippen molar-refractivity contribution in [1.82, 2.24) is 10.5 Å². The molecule has 2 aromatic rings. The van der Waals surface area contributed by atoms with Crippen LogP contribution in [-0.2, 0) is 6.42 Å². The van der Waals surface area contributed by atoms with Crippen LogP contribution in [0, 0.1) is 5.92 Å². The molecule has 2 heterocycles. The lowest BCUT2D eigenvalue weighted by molar-refractivity contribution is 0.0887. The van der Waals surface area contributed by atoms with E-state index in [1.165, 1.54) is 0 Å².